The summed E-state index contributed by atoms with van der Waals surface area (Å²) in [5, 5.41) is 14.3. The van der Waals surface area contributed by atoms with E-state index < -0.39 is 0 Å². The number of benzene rings is 1. The third kappa shape index (κ3) is 4.05. The zero-order valence-corrected chi connectivity index (χ0v) is 18.2. The number of rotatable bonds is 8. The van der Waals surface area contributed by atoms with Crippen molar-refractivity contribution < 1.29 is 0 Å². The van der Waals surface area contributed by atoms with Crippen LogP contribution >= 0.6 is 0 Å². The number of aromatic amines is 1. The molecule has 0 aliphatic carbocycles. The molecule has 3 heterocycles. The van der Waals surface area contributed by atoms with Crippen molar-refractivity contribution in [3.8, 4) is 22.5 Å². The molecule has 0 bridgehead atoms. The first-order valence-corrected chi connectivity index (χ1v) is 10.7. The highest BCUT2D eigenvalue weighted by Crippen LogP contribution is 2.29. The van der Waals surface area contributed by atoms with Crippen molar-refractivity contribution in [1.82, 2.24) is 34.7 Å². The average Bonchev–Trinajstić information content (AvgIpc) is 3.41. The van der Waals surface area contributed by atoms with E-state index >= 15 is 0 Å². The number of tetrazole rings is 1. The minimum atomic E-state index is 0.0729. The van der Waals surface area contributed by atoms with Gasteiger partial charge >= 0.3 is 5.69 Å². The summed E-state index contributed by atoms with van der Waals surface area (Å²) in [6.07, 6.45) is 6.60. The van der Waals surface area contributed by atoms with Crippen molar-refractivity contribution in [3.05, 3.63) is 70.2 Å². The third-order valence-corrected chi connectivity index (χ3v) is 5.71. The molecule has 8 heteroatoms. The first-order valence-electron chi connectivity index (χ1n) is 10.7. The maximum Gasteiger partial charge on any atom is 0.328 e. The molecule has 0 aliphatic heterocycles. The normalized spacial score (nSPS) is 11.2. The van der Waals surface area contributed by atoms with E-state index in [2.05, 4.69) is 63.7 Å². The number of aromatic nitrogens is 7. The largest absolute Gasteiger partial charge is 0.328 e. The fourth-order valence-electron chi connectivity index (χ4n) is 4.02. The fraction of sp³-hybridized carbons (Fsp3) is 0.348. The maximum atomic E-state index is 13.0. The van der Waals surface area contributed by atoms with E-state index in [-0.39, 0.29) is 5.69 Å². The van der Waals surface area contributed by atoms with Gasteiger partial charge in [0, 0.05) is 35.9 Å². The molecule has 3 aromatic heterocycles. The van der Waals surface area contributed by atoms with Crippen LogP contribution in [0.5, 0.6) is 0 Å². The molecule has 4 aromatic rings. The highest BCUT2D eigenvalue weighted by atomic mass is 16.1. The monoisotopic (exact) mass is 417 g/mol. The molecule has 0 saturated heterocycles. The zero-order chi connectivity index (χ0) is 21.8. The Bertz CT molecular complexity index is 1200. The highest BCUT2D eigenvalue weighted by molar-refractivity contribution is 5.79. The van der Waals surface area contributed by atoms with E-state index in [1.165, 1.54) is 0 Å². The SMILES string of the molecule is CCCCc1c(C)n(CC)c(=O)n1Cc1ccc(-c2ccncc2-c2nn[nH]n2)cc1. The van der Waals surface area contributed by atoms with Crippen LogP contribution < -0.4 is 5.69 Å². The Balaban J connectivity index is 1.65. The molecule has 4 rings (SSSR count). The lowest BCUT2D eigenvalue weighted by Gasteiger charge is -2.10. The van der Waals surface area contributed by atoms with Crippen molar-refractivity contribution in [1.29, 1.82) is 0 Å². The van der Waals surface area contributed by atoms with Crippen LogP contribution in [0, 0.1) is 6.92 Å². The Kier molecular flexibility index (Phi) is 6.06. The Hall–Kier alpha value is -3.55. The zero-order valence-electron chi connectivity index (χ0n) is 18.2. The summed E-state index contributed by atoms with van der Waals surface area (Å²) in [6, 6.07) is 10.2. The standard InChI is InChI=1S/C23H27N7O/c1-4-6-7-21-16(3)29(5-2)23(31)30(21)15-17-8-10-18(11-9-17)19-12-13-24-14-20(19)22-25-27-28-26-22/h8-14H,4-7,15H2,1-3H3,(H,25,26,27,28). The van der Waals surface area contributed by atoms with E-state index in [4.69, 9.17) is 0 Å². The second-order valence-electron chi connectivity index (χ2n) is 7.60. The molecule has 0 amide bonds. The second kappa shape index (κ2) is 9.07. The van der Waals surface area contributed by atoms with Crippen LogP contribution in [0.2, 0.25) is 0 Å². The lowest BCUT2D eigenvalue weighted by atomic mass is 10.00. The molecule has 0 fully saturated rings. The number of pyridine rings is 1. The molecule has 0 spiro atoms. The van der Waals surface area contributed by atoms with E-state index in [0.29, 0.717) is 18.9 Å². The number of hydrogen-bond donors (Lipinski definition) is 1. The van der Waals surface area contributed by atoms with Crippen LogP contribution in [0.3, 0.4) is 0 Å². The maximum absolute atomic E-state index is 13.0. The molecular weight excluding hydrogens is 390 g/mol. The van der Waals surface area contributed by atoms with Gasteiger partial charge in [-0.1, -0.05) is 37.6 Å². The summed E-state index contributed by atoms with van der Waals surface area (Å²) in [5.74, 6) is 0.510. The van der Waals surface area contributed by atoms with E-state index in [0.717, 1.165) is 52.9 Å². The lowest BCUT2D eigenvalue weighted by molar-refractivity contribution is 0.645. The highest BCUT2D eigenvalue weighted by Gasteiger charge is 2.16. The Morgan fingerprint density at radius 2 is 1.84 bits per heavy atom. The Morgan fingerprint density at radius 1 is 1.03 bits per heavy atom. The summed E-state index contributed by atoms with van der Waals surface area (Å²) < 4.78 is 3.80. The quantitative estimate of drug-likeness (QED) is 0.473. The Labute approximate surface area is 181 Å². The molecule has 0 unspecified atom stereocenters. The molecule has 1 N–H and O–H groups in total. The molecule has 0 saturated carbocycles. The van der Waals surface area contributed by atoms with Crippen LogP contribution in [0.1, 0.15) is 43.6 Å². The van der Waals surface area contributed by atoms with Gasteiger partial charge in [-0.25, -0.2) is 4.79 Å². The van der Waals surface area contributed by atoms with E-state index in [9.17, 15) is 4.79 Å². The number of nitrogens with zero attached hydrogens (tertiary/aromatic N) is 6. The average molecular weight is 418 g/mol. The van der Waals surface area contributed by atoms with Gasteiger partial charge in [-0.3, -0.25) is 14.1 Å². The molecule has 0 radical (unpaired) electrons. The summed E-state index contributed by atoms with van der Waals surface area (Å²) in [4.78, 5) is 17.2. The fourth-order valence-corrected chi connectivity index (χ4v) is 4.02. The van der Waals surface area contributed by atoms with Gasteiger partial charge in [0.05, 0.1) is 6.54 Å². The predicted molar refractivity (Wildman–Crippen MR) is 120 cm³/mol. The van der Waals surface area contributed by atoms with Crippen molar-refractivity contribution >= 4 is 0 Å². The van der Waals surface area contributed by atoms with Crippen LogP contribution in [0.4, 0.5) is 0 Å². The van der Waals surface area contributed by atoms with Gasteiger partial charge in [0.1, 0.15) is 0 Å². The number of H-pyrrole nitrogens is 1. The van der Waals surface area contributed by atoms with Gasteiger partial charge in [0.15, 0.2) is 0 Å². The lowest BCUT2D eigenvalue weighted by Crippen LogP contribution is -2.25. The number of unbranched alkanes of at least 4 members (excludes halogenated alkanes) is 1. The van der Waals surface area contributed by atoms with Gasteiger partial charge in [0.2, 0.25) is 5.82 Å². The molecule has 160 valence electrons. The number of hydrogen-bond acceptors (Lipinski definition) is 5. The first kappa shape index (κ1) is 20.7. The number of nitrogens with one attached hydrogen (secondary N) is 1. The minimum Gasteiger partial charge on any atom is -0.297 e. The van der Waals surface area contributed by atoms with Gasteiger partial charge < -0.3 is 0 Å². The van der Waals surface area contributed by atoms with E-state index in [1.807, 2.05) is 22.1 Å². The first-order chi connectivity index (χ1) is 15.1. The summed E-state index contributed by atoms with van der Waals surface area (Å²) in [7, 11) is 0. The van der Waals surface area contributed by atoms with Crippen molar-refractivity contribution in [2.75, 3.05) is 0 Å². The number of imidazole rings is 1. The summed E-state index contributed by atoms with van der Waals surface area (Å²) >= 11 is 0. The van der Waals surface area contributed by atoms with Crippen molar-refractivity contribution in [3.63, 3.8) is 0 Å². The second-order valence-corrected chi connectivity index (χ2v) is 7.60. The van der Waals surface area contributed by atoms with Crippen LogP contribution in [-0.4, -0.2) is 34.7 Å². The van der Waals surface area contributed by atoms with Gasteiger partial charge in [-0.05, 0) is 54.7 Å². The smallest absolute Gasteiger partial charge is 0.297 e. The van der Waals surface area contributed by atoms with Gasteiger partial charge in [-0.2, -0.15) is 5.21 Å². The van der Waals surface area contributed by atoms with Gasteiger partial charge in [-0.15, -0.1) is 10.2 Å². The molecule has 8 nitrogen and oxygen atoms in total. The van der Waals surface area contributed by atoms with Crippen LogP contribution in [0.15, 0.2) is 47.5 Å². The molecule has 1 aromatic carbocycles. The molecule has 31 heavy (non-hydrogen) atoms. The van der Waals surface area contributed by atoms with Crippen LogP contribution in [-0.2, 0) is 19.5 Å². The van der Waals surface area contributed by atoms with Crippen molar-refractivity contribution in [2.24, 2.45) is 0 Å². The predicted octanol–water partition coefficient (Wildman–Crippen LogP) is 3.61. The third-order valence-electron chi connectivity index (χ3n) is 5.71. The molecule has 0 aliphatic rings. The minimum absolute atomic E-state index is 0.0729. The summed E-state index contributed by atoms with van der Waals surface area (Å²) in [6.45, 7) is 7.51. The van der Waals surface area contributed by atoms with Crippen molar-refractivity contribution in [2.45, 2.75) is 53.1 Å². The van der Waals surface area contributed by atoms with Gasteiger partial charge in [0.25, 0.3) is 0 Å². The van der Waals surface area contributed by atoms with E-state index in [1.54, 1.807) is 12.4 Å². The van der Waals surface area contributed by atoms with Crippen LogP contribution in [0.25, 0.3) is 22.5 Å². The molecular formula is C23H27N7O. The molecule has 0 atom stereocenters. The summed E-state index contributed by atoms with van der Waals surface area (Å²) in [5.41, 5.74) is 6.22. The Morgan fingerprint density at radius 3 is 2.52 bits per heavy atom. The topological polar surface area (TPSA) is 94.3 Å².